The Kier molecular flexibility index (Phi) is 5.56. The van der Waals surface area contributed by atoms with E-state index in [1.54, 1.807) is 0 Å². The monoisotopic (exact) mass is 257 g/mol. The molecule has 1 amide bonds. The van der Waals surface area contributed by atoms with E-state index in [9.17, 15) is 4.79 Å². The zero-order chi connectivity index (χ0) is 13.8. The number of piperidine rings is 1. The van der Waals surface area contributed by atoms with E-state index < -0.39 is 6.04 Å². The van der Waals surface area contributed by atoms with Crippen molar-refractivity contribution in [3.05, 3.63) is 0 Å². The fraction of sp³-hybridized carbons (Fsp3) is 0.923. The standard InChI is InChI=1S/C13H27N3O2/c1-13(2,9-15-12(18)11(14)8-17)10-5-4-6-16(3)7-10/h10-11,17H,4-9,14H2,1-3H3,(H,15,18). The zero-order valence-electron chi connectivity index (χ0n) is 11.8. The van der Waals surface area contributed by atoms with Crippen molar-refractivity contribution in [1.82, 2.24) is 10.2 Å². The molecule has 2 unspecified atom stereocenters. The molecule has 0 spiro atoms. The molecule has 1 aliphatic heterocycles. The van der Waals surface area contributed by atoms with Gasteiger partial charge in [0.2, 0.25) is 5.91 Å². The third kappa shape index (κ3) is 4.23. The molecular weight excluding hydrogens is 230 g/mol. The van der Waals surface area contributed by atoms with Gasteiger partial charge in [-0.05, 0) is 37.8 Å². The minimum Gasteiger partial charge on any atom is -0.394 e. The third-order valence-corrected chi connectivity index (χ3v) is 3.98. The van der Waals surface area contributed by atoms with Crippen LogP contribution in [0.25, 0.3) is 0 Å². The lowest BCUT2D eigenvalue weighted by Gasteiger charge is -2.40. The summed E-state index contributed by atoms with van der Waals surface area (Å²) in [6.45, 7) is 6.91. The van der Waals surface area contributed by atoms with Crippen molar-refractivity contribution in [3.8, 4) is 0 Å². The first-order chi connectivity index (χ1) is 8.36. The molecule has 1 aliphatic rings. The Morgan fingerprint density at radius 3 is 2.83 bits per heavy atom. The minimum absolute atomic E-state index is 0.0551. The molecule has 1 saturated heterocycles. The second kappa shape index (κ2) is 6.50. The zero-order valence-corrected chi connectivity index (χ0v) is 11.8. The van der Waals surface area contributed by atoms with Crippen LogP contribution in [0.1, 0.15) is 26.7 Å². The topological polar surface area (TPSA) is 78.6 Å². The van der Waals surface area contributed by atoms with Crippen molar-refractivity contribution >= 4 is 5.91 Å². The number of likely N-dealkylation sites (tertiary alicyclic amines) is 1. The average Bonchev–Trinajstić information content (AvgIpc) is 2.35. The number of aliphatic hydroxyl groups excluding tert-OH is 1. The van der Waals surface area contributed by atoms with Crippen molar-refractivity contribution in [2.75, 3.05) is 33.3 Å². The summed E-state index contributed by atoms with van der Waals surface area (Å²) in [5.41, 5.74) is 5.53. The van der Waals surface area contributed by atoms with E-state index in [0.717, 1.165) is 13.1 Å². The second-order valence-electron chi connectivity index (χ2n) is 6.10. The van der Waals surface area contributed by atoms with Crippen molar-refractivity contribution in [1.29, 1.82) is 0 Å². The summed E-state index contributed by atoms with van der Waals surface area (Å²) in [7, 11) is 2.14. The maximum Gasteiger partial charge on any atom is 0.239 e. The van der Waals surface area contributed by atoms with Gasteiger partial charge in [-0.2, -0.15) is 0 Å². The van der Waals surface area contributed by atoms with Crippen molar-refractivity contribution in [3.63, 3.8) is 0 Å². The molecule has 5 nitrogen and oxygen atoms in total. The molecule has 1 fully saturated rings. The molecule has 1 rings (SSSR count). The van der Waals surface area contributed by atoms with Crippen molar-refractivity contribution in [2.45, 2.75) is 32.7 Å². The lowest BCUT2D eigenvalue weighted by atomic mass is 9.74. The summed E-state index contributed by atoms with van der Waals surface area (Å²) in [6, 6.07) is -0.810. The van der Waals surface area contributed by atoms with E-state index in [4.69, 9.17) is 10.8 Å². The normalized spacial score (nSPS) is 23.7. The van der Waals surface area contributed by atoms with E-state index in [1.807, 2.05) is 0 Å². The van der Waals surface area contributed by atoms with Gasteiger partial charge in [-0.25, -0.2) is 0 Å². The molecule has 0 aliphatic carbocycles. The molecule has 4 N–H and O–H groups in total. The molecule has 5 heteroatoms. The largest absolute Gasteiger partial charge is 0.394 e. The molecule has 0 aromatic rings. The highest BCUT2D eigenvalue weighted by molar-refractivity contribution is 5.81. The lowest BCUT2D eigenvalue weighted by Crippen LogP contribution is -2.49. The molecule has 0 saturated carbocycles. The highest BCUT2D eigenvalue weighted by Gasteiger charge is 2.32. The van der Waals surface area contributed by atoms with E-state index in [1.165, 1.54) is 12.8 Å². The highest BCUT2D eigenvalue weighted by Crippen LogP contribution is 2.32. The third-order valence-electron chi connectivity index (χ3n) is 3.98. The van der Waals surface area contributed by atoms with E-state index >= 15 is 0 Å². The van der Waals surface area contributed by atoms with Crippen LogP contribution in [0.3, 0.4) is 0 Å². The first-order valence-electron chi connectivity index (χ1n) is 6.69. The number of carbonyl (C=O) groups excluding carboxylic acids is 1. The average molecular weight is 257 g/mol. The number of amides is 1. The predicted octanol–water partition coefficient (Wildman–Crippen LogP) is -0.210. The Balaban J connectivity index is 2.45. The van der Waals surface area contributed by atoms with Gasteiger partial charge in [0.15, 0.2) is 0 Å². The van der Waals surface area contributed by atoms with Gasteiger partial charge >= 0.3 is 0 Å². The molecular formula is C13H27N3O2. The van der Waals surface area contributed by atoms with Crippen LogP contribution in [0.5, 0.6) is 0 Å². The van der Waals surface area contributed by atoms with Gasteiger partial charge in [0, 0.05) is 13.1 Å². The number of nitrogens with zero attached hydrogens (tertiary/aromatic N) is 1. The maximum absolute atomic E-state index is 11.6. The van der Waals surface area contributed by atoms with E-state index in [2.05, 4.69) is 31.1 Å². The Bertz CT molecular complexity index is 281. The predicted molar refractivity (Wildman–Crippen MR) is 72.1 cm³/mol. The minimum atomic E-state index is -0.810. The number of aliphatic hydroxyl groups is 1. The summed E-state index contributed by atoms with van der Waals surface area (Å²) in [6.07, 6.45) is 2.42. The van der Waals surface area contributed by atoms with Gasteiger partial charge < -0.3 is 21.1 Å². The number of hydrogen-bond acceptors (Lipinski definition) is 4. The molecule has 0 aromatic carbocycles. The molecule has 1 heterocycles. The number of nitrogens with two attached hydrogens (primary N) is 1. The smallest absolute Gasteiger partial charge is 0.239 e. The van der Waals surface area contributed by atoms with Gasteiger partial charge in [0.25, 0.3) is 0 Å². The summed E-state index contributed by atoms with van der Waals surface area (Å²) in [4.78, 5) is 13.9. The molecule has 0 radical (unpaired) electrons. The van der Waals surface area contributed by atoms with E-state index in [0.29, 0.717) is 12.5 Å². The Morgan fingerprint density at radius 2 is 2.28 bits per heavy atom. The van der Waals surface area contributed by atoms with Gasteiger partial charge in [-0.1, -0.05) is 13.8 Å². The highest BCUT2D eigenvalue weighted by atomic mass is 16.3. The van der Waals surface area contributed by atoms with Crippen molar-refractivity contribution in [2.24, 2.45) is 17.1 Å². The summed E-state index contributed by atoms with van der Waals surface area (Å²) in [5.74, 6) is 0.316. The van der Waals surface area contributed by atoms with Crippen LogP contribution in [0, 0.1) is 11.3 Å². The first-order valence-corrected chi connectivity index (χ1v) is 6.69. The maximum atomic E-state index is 11.6. The fourth-order valence-electron chi connectivity index (χ4n) is 2.48. The van der Waals surface area contributed by atoms with Gasteiger partial charge in [-0.3, -0.25) is 4.79 Å². The SMILES string of the molecule is CN1CCCC(C(C)(C)CNC(=O)C(N)CO)C1. The van der Waals surface area contributed by atoms with Crippen molar-refractivity contribution < 1.29 is 9.90 Å². The summed E-state index contributed by atoms with van der Waals surface area (Å²) >= 11 is 0. The second-order valence-corrected chi connectivity index (χ2v) is 6.10. The summed E-state index contributed by atoms with van der Waals surface area (Å²) in [5, 5.41) is 11.7. The Hall–Kier alpha value is -0.650. The Morgan fingerprint density at radius 1 is 1.61 bits per heavy atom. The van der Waals surface area contributed by atoms with Crippen LogP contribution in [-0.2, 0) is 4.79 Å². The number of hydrogen-bond donors (Lipinski definition) is 3. The number of rotatable bonds is 5. The Labute approximate surface area is 110 Å². The van der Waals surface area contributed by atoms with Gasteiger partial charge in [0.05, 0.1) is 6.61 Å². The van der Waals surface area contributed by atoms with E-state index in [-0.39, 0.29) is 17.9 Å². The summed E-state index contributed by atoms with van der Waals surface area (Å²) < 4.78 is 0. The van der Waals surface area contributed by atoms with Gasteiger partial charge in [0.1, 0.15) is 6.04 Å². The van der Waals surface area contributed by atoms with Crippen LogP contribution in [-0.4, -0.2) is 55.2 Å². The quantitative estimate of drug-likeness (QED) is 0.637. The van der Waals surface area contributed by atoms with Crippen LogP contribution in [0.4, 0.5) is 0 Å². The molecule has 18 heavy (non-hydrogen) atoms. The molecule has 0 aromatic heterocycles. The fourth-order valence-corrected chi connectivity index (χ4v) is 2.48. The molecule has 106 valence electrons. The first kappa shape index (κ1) is 15.4. The van der Waals surface area contributed by atoms with Crippen LogP contribution in [0.15, 0.2) is 0 Å². The lowest BCUT2D eigenvalue weighted by molar-refractivity contribution is -0.123. The number of nitrogens with one attached hydrogen (secondary N) is 1. The molecule has 0 bridgehead atoms. The van der Waals surface area contributed by atoms with Crippen LogP contribution < -0.4 is 11.1 Å². The van der Waals surface area contributed by atoms with Crippen LogP contribution in [0.2, 0.25) is 0 Å². The van der Waals surface area contributed by atoms with Crippen LogP contribution >= 0.6 is 0 Å². The van der Waals surface area contributed by atoms with Gasteiger partial charge in [-0.15, -0.1) is 0 Å². The molecule has 2 atom stereocenters. The number of carbonyl (C=O) groups is 1.